The Morgan fingerprint density at radius 1 is 1.29 bits per heavy atom. The van der Waals surface area contributed by atoms with E-state index >= 15 is 0 Å². The van der Waals surface area contributed by atoms with Gasteiger partial charge < -0.3 is 14.4 Å². The maximum atomic E-state index is 12.4. The van der Waals surface area contributed by atoms with Gasteiger partial charge in [-0.1, -0.05) is 19.8 Å². The smallest absolute Gasteiger partial charge is 0.223 e. The van der Waals surface area contributed by atoms with Crippen LogP contribution in [0.25, 0.3) is 0 Å². The Balaban J connectivity index is 1.46. The first-order valence-electron chi connectivity index (χ1n) is 9.37. The minimum atomic E-state index is 0.0133. The molecule has 3 rings (SSSR count). The van der Waals surface area contributed by atoms with E-state index in [2.05, 4.69) is 17.1 Å². The molecule has 1 N–H and O–H groups in total. The van der Waals surface area contributed by atoms with Crippen LogP contribution in [0.2, 0.25) is 0 Å². The number of hydrogen-bond donors (Lipinski definition) is 1. The highest BCUT2D eigenvalue weighted by Crippen LogP contribution is 2.35. The van der Waals surface area contributed by atoms with Gasteiger partial charge in [-0.2, -0.15) is 0 Å². The fourth-order valence-corrected chi connectivity index (χ4v) is 3.93. The number of carbonyl (C=O) groups excluding carboxylic acids is 1. The summed E-state index contributed by atoms with van der Waals surface area (Å²) in [7, 11) is 0. The minimum absolute atomic E-state index is 0.0133. The number of hydrogen-bond acceptors (Lipinski definition) is 5. The number of aryl methyl sites for hydroxylation is 1. The summed E-state index contributed by atoms with van der Waals surface area (Å²) in [5.41, 5.74) is 0.0133. The zero-order valence-electron chi connectivity index (χ0n) is 14.7. The van der Waals surface area contributed by atoms with Crippen molar-refractivity contribution in [1.82, 2.24) is 15.1 Å². The molecule has 0 bridgehead atoms. The van der Waals surface area contributed by atoms with Gasteiger partial charge in [-0.15, -0.1) is 10.2 Å². The van der Waals surface area contributed by atoms with Crippen LogP contribution in [-0.4, -0.2) is 45.8 Å². The molecule has 1 aliphatic heterocycles. The first-order chi connectivity index (χ1) is 11.7. The molecule has 6 heteroatoms. The lowest BCUT2D eigenvalue weighted by atomic mass is 9.77. The number of aliphatic hydroxyl groups is 1. The summed E-state index contributed by atoms with van der Waals surface area (Å²) in [6.07, 6.45) is 8.44. The average Bonchev–Trinajstić information content (AvgIpc) is 3.31. The number of amides is 1. The lowest BCUT2D eigenvalue weighted by Gasteiger charge is -2.40. The van der Waals surface area contributed by atoms with Crippen molar-refractivity contribution in [3.63, 3.8) is 0 Å². The van der Waals surface area contributed by atoms with Gasteiger partial charge in [-0.3, -0.25) is 4.79 Å². The molecule has 1 aliphatic carbocycles. The molecule has 134 valence electrons. The van der Waals surface area contributed by atoms with E-state index in [0.717, 1.165) is 51.1 Å². The molecule has 0 aromatic carbocycles. The van der Waals surface area contributed by atoms with Crippen molar-refractivity contribution in [2.24, 2.45) is 5.41 Å². The monoisotopic (exact) mass is 335 g/mol. The SMILES string of the molecule is CCC1(CO)CCN(C(=O)CCc2nnc(C3CCCC3)o2)CC1. The Morgan fingerprint density at radius 2 is 2.00 bits per heavy atom. The van der Waals surface area contributed by atoms with Crippen LogP contribution in [0.1, 0.15) is 76.0 Å². The highest BCUT2D eigenvalue weighted by molar-refractivity contribution is 5.76. The van der Waals surface area contributed by atoms with E-state index in [9.17, 15) is 9.90 Å². The maximum absolute atomic E-state index is 12.4. The summed E-state index contributed by atoms with van der Waals surface area (Å²) < 4.78 is 5.75. The second-order valence-corrected chi connectivity index (χ2v) is 7.41. The molecule has 1 amide bonds. The third kappa shape index (κ3) is 3.79. The summed E-state index contributed by atoms with van der Waals surface area (Å²) in [6.45, 7) is 3.82. The minimum Gasteiger partial charge on any atom is -0.425 e. The van der Waals surface area contributed by atoms with Crippen molar-refractivity contribution in [3.8, 4) is 0 Å². The standard InChI is InChI=1S/C18H29N3O3/c1-2-18(13-22)9-11-21(12-10-18)16(23)8-7-15-19-20-17(24-15)14-5-3-4-6-14/h14,22H,2-13H2,1H3. The van der Waals surface area contributed by atoms with Gasteiger partial charge >= 0.3 is 0 Å². The van der Waals surface area contributed by atoms with Gasteiger partial charge in [0.2, 0.25) is 17.7 Å². The van der Waals surface area contributed by atoms with Gasteiger partial charge in [0.15, 0.2) is 0 Å². The molecule has 1 aromatic heterocycles. The quantitative estimate of drug-likeness (QED) is 0.864. The van der Waals surface area contributed by atoms with Crippen LogP contribution in [0, 0.1) is 5.41 Å². The van der Waals surface area contributed by atoms with Crippen LogP contribution in [0.5, 0.6) is 0 Å². The Hall–Kier alpha value is -1.43. The molecule has 6 nitrogen and oxygen atoms in total. The molecule has 0 radical (unpaired) electrons. The van der Waals surface area contributed by atoms with E-state index < -0.39 is 0 Å². The molecule has 0 atom stereocenters. The van der Waals surface area contributed by atoms with Gasteiger partial charge in [0.25, 0.3) is 0 Å². The van der Waals surface area contributed by atoms with Crippen LogP contribution in [0.3, 0.4) is 0 Å². The molecule has 24 heavy (non-hydrogen) atoms. The molecule has 1 saturated carbocycles. The molecule has 2 fully saturated rings. The first kappa shape index (κ1) is 17.4. The predicted molar refractivity (Wildman–Crippen MR) is 89.5 cm³/mol. The fourth-order valence-electron chi connectivity index (χ4n) is 3.93. The van der Waals surface area contributed by atoms with Gasteiger partial charge in [0, 0.05) is 38.5 Å². The molecule has 1 aromatic rings. The van der Waals surface area contributed by atoms with Gasteiger partial charge in [-0.05, 0) is 37.5 Å². The topological polar surface area (TPSA) is 79.5 Å². The highest BCUT2D eigenvalue weighted by Gasteiger charge is 2.33. The second-order valence-electron chi connectivity index (χ2n) is 7.41. The van der Waals surface area contributed by atoms with Crippen LogP contribution >= 0.6 is 0 Å². The highest BCUT2D eigenvalue weighted by atomic mass is 16.4. The van der Waals surface area contributed by atoms with Crippen LogP contribution in [-0.2, 0) is 11.2 Å². The number of likely N-dealkylation sites (tertiary alicyclic amines) is 1. The first-order valence-corrected chi connectivity index (χ1v) is 9.37. The lowest BCUT2D eigenvalue weighted by molar-refractivity contribution is -0.134. The summed E-state index contributed by atoms with van der Waals surface area (Å²) in [6, 6.07) is 0. The summed E-state index contributed by atoms with van der Waals surface area (Å²) in [5, 5.41) is 17.8. The third-order valence-electron chi connectivity index (χ3n) is 6.00. The largest absolute Gasteiger partial charge is 0.425 e. The molecular formula is C18H29N3O3. The van der Waals surface area contributed by atoms with Crippen molar-refractivity contribution in [3.05, 3.63) is 11.8 Å². The molecule has 0 spiro atoms. The molecule has 1 saturated heterocycles. The molecular weight excluding hydrogens is 306 g/mol. The Kier molecular flexibility index (Phi) is 5.54. The Labute approximate surface area is 143 Å². The fraction of sp³-hybridized carbons (Fsp3) is 0.833. The summed E-state index contributed by atoms with van der Waals surface area (Å²) >= 11 is 0. The van der Waals surface area contributed by atoms with Crippen LogP contribution in [0.15, 0.2) is 4.42 Å². The van der Waals surface area contributed by atoms with Crippen molar-refractivity contribution in [1.29, 1.82) is 0 Å². The zero-order valence-corrected chi connectivity index (χ0v) is 14.7. The van der Waals surface area contributed by atoms with Crippen molar-refractivity contribution in [2.75, 3.05) is 19.7 Å². The Morgan fingerprint density at radius 3 is 2.62 bits per heavy atom. The van der Waals surface area contributed by atoms with E-state index in [-0.39, 0.29) is 17.9 Å². The van der Waals surface area contributed by atoms with Crippen molar-refractivity contribution >= 4 is 5.91 Å². The molecule has 0 unspecified atom stereocenters. The normalized spacial score (nSPS) is 21.3. The van der Waals surface area contributed by atoms with E-state index in [0.29, 0.717) is 24.7 Å². The van der Waals surface area contributed by atoms with Crippen molar-refractivity contribution < 1.29 is 14.3 Å². The van der Waals surface area contributed by atoms with E-state index in [4.69, 9.17) is 4.42 Å². The molecule has 2 aliphatic rings. The lowest BCUT2D eigenvalue weighted by Crippen LogP contribution is -2.44. The zero-order chi connectivity index (χ0) is 17.0. The number of nitrogens with zero attached hydrogens (tertiary/aromatic N) is 3. The predicted octanol–water partition coefficient (Wildman–Crippen LogP) is 2.67. The van der Waals surface area contributed by atoms with E-state index in [1.54, 1.807) is 0 Å². The van der Waals surface area contributed by atoms with E-state index in [1.165, 1.54) is 12.8 Å². The van der Waals surface area contributed by atoms with Crippen LogP contribution < -0.4 is 0 Å². The summed E-state index contributed by atoms with van der Waals surface area (Å²) in [4.78, 5) is 14.3. The van der Waals surface area contributed by atoms with E-state index in [1.807, 2.05) is 4.90 Å². The second kappa shape index (κ2) is 7.64. The van der Waals surface area contributed by atoms with Gasteiger partial charge in [-0.25, -0.2) is 0 Å². The molecule has 2 heterocycles. The average molecular weight is 335 g/mol. The van der Waals surface area contributed by atoms with Gasteiger partial charge in [0.1, 0.15) is 0 Å². The number of piperidine rings is 1. The van der Waals surface area contributed by atoms with Crippen molar-refractivity contribution in [2.45, 2.75) is 70.6 Å². The number of aromatic nitrogens is 2. The number of rotatable bonds is 6. The maximum Gasteiger partial charge on any atom is 0.223 e. The third-order valence-corrected chi connectivity index (χ3v) is 6.00. The van der Waals surface area contributed by atoms with Gasteiger partial charge in [0.05, 0.1) is 0 Å². The Bertz CT molecular complexity index is 537. The van der Waals surface area contributed by atoms with Crippen LogP contribution in [0.4, 0.5) is 0 Å². The summed E-state index contributed by atoms with van der Waals surface area (Å²) in [5.74, 6) is 1.91. The number of aliphatic hydroxyl groups excluding tert-OH is 1. The number of carbonyl (C=O) groups is 1.